The summed E-state index contributed by atoms with van der Waals surface area (Å²) in [6.45, 7) is 7.56. The minimum atomic E-state index is -4.83. The van der Waals surface area contributed by atoms with Crippen molar-refractivity contribution in [1.29, 1.82) is 0 Å². The minimum Gasteiger partial charge on any atom is -0.486 e. The molecule has 0 unspecified atom stereocenters. The van der Waals surface area contributed by atoms with Gasteiger partial charge in [0.2, 0.25) is 0 Å². The third kappa shape index (κ3) is 8.10. The zero-order valence-electron chi connectivity index (χ0n) is 21.3. The number of hydrogen-bond acceptors (Lipinski definition) is 6. The number of carbonyl (C=O) groups is 2. The molecule has 202 valence electrons. The fraction of sp³-hybridized carbons (Fsp3) is 0.481. The highest BCUT2D eigenvalue weighted by Gasteiger charge is 2.35. The van der Waals surface area contributed by atoms with E-state index in [2.05, 4.69) is 0 Å². The number of rotatable bonds is 8. The lowest BCUT2D eigenvalue weighted by Gasteiger charge is -2.37. The van der Waals surface area contributed by atoms with Crippen molar-refractivity contribution in [2.75, 3.05) is 18.1 Å². The molecule has 0 fully saturated rings. The first kappa shape index (κ1) is 28.3. The van der Waals surface area contributed by atoms with Crippen molar-refractivity contribution in [1.82, 2.24) is 0 Å². The van der Waals surface area contributed by atoms with Gasteiger partial charge in [-0.2, -0.15) is 13.2 Å². The van der Waals surface area contributed by atoms with Gasteiger partial charge in [-0.05, 0) is 69.5 Å². The molecule has 3 rings (SSSR count). The number of esters is 2. The molecule has 6 nitrogen and oxygen atoms in total. The Morgan fingerprint density at radius 3 is 2.41 bits per heavy atom. The maximum Gasteiger partial charge on any atom is 0.419 e. The van der Waals surface area contributed by atoms with E-state index in [1.54, 1.807) is 50.8 Å². The second kappa shape index (κ2) is 11.4. The smallest absolute Gasteiger partial charge is 0.419 e. The van der Waals surface area contributed by atoms with Gasteiger partial charge in [0.05, 0.1) is 30.8 Å². The van der Waals surface area contributed by atoms with Gasteiger partial charge in [0, 0.05) is 13.0 Å². The van der Waals surface area contributed by atoms with Crippen molar-refractivity contribution in [3.63, 3.8) is 0 Å². The van der Waals surface area contributed by atoms with Gasteiger partial charge in [-0.1, -0.05) is 12.1 Å². The lowest BCUT2D eigenvalue weighted by Crippen LogP contribution is -2.40. The maximum atomic E-state index is 13.8. The molecule has 0 saturated heterocycles. The second-order valence-electron chi connectivity index (χ2n) is 9.84. The number of halogens is 4. The van der Waals surface area contributed by atoms with Gasteiger partial charge in [0.15, 0.2) is 0 Å². The van der Waals surface area contributed by atoms with Gasteiger partial charge in [0.1, 0.15) is 23.3 Å². The van der Waals surface area contributed by atoms with Gasteiger partial charge < -0.3 is 19.1 Å². The van der Waals surface area contributed by atoms with Crippen LogP contribution >= 0.6 is 0 Å². The highest BCUT2D eigenvalue weighted by Crippen LogP contribution is 2.38. The quantitative estimate of drug-likeness (QED) is 0.319. The van der Waals surface area contributed by atoms with Crippen LogP contribution in [-0.2, 0) is 38.2 Å². The highest BCUT2D eigenvalue weighted by molar-refractivity contribution is 5.74. The monoisotopic (exact) mass is 525 g/mol. The summed E-state index contributed by atoms with van der Waals surface area (Å²) in [7, 11) is 0. The van der Waals surface area contributed by atoms with Crippen molar-refractivity contribution in [2.45, 2.75) is 71.4 Å². The number of alkyl halides is 3. The van der Waals surface area contributed by atoms with Crippen LogP contribution in [-0.4, -0.2) is 36.8 Å². The Bertz CT molecular complexity index is 1130. The number of nitrogens with zero attached hydrogens (tertiary/aromatic N) is 1. The van der Waals surface area contributed by atoms with Crippen LogP contribution in [0.3, 0.4) is 0 Å². The fourth-order valence-corrected chi connectivity index (χ4v) is 4.05. The molecule has 0 aliphatic carbocycles. The number of fused-ring (bicyclic) bond motifs is 1. The Labute approximate surface area is 213 Å². The molecular weight excluding hydrogens is 494 g/mol. The molecule has 10 heteroatoms. The van der Waals surface area contributed by atoms with Crippen LogP contribution in [0.5, 0.6) is 5.75 Å². The molecule has 0 bridgehead atoms. The van der Waals surface area contributed by atoms with Crippen molar-refractivity contribution >= 4 is 17.6 Å². The van der Waals surface area contributed by atoms with Gasteiger partial charge in [0.25, 0.3) is 0 Å². The summed E-state index contributed by atoms with van der Waals surface area (Å²) >= 11 is 0. The molecule has 0 N–H and O–H groups in total. The predicted octanol–water partition coefficient (Wildman–Crippen LogP) is 5.84. The zero-order chi connectivity index (χ0) is 27.4. The number of anilines is 1. The SMILES string of the molecule is CCOC(=O)CC[C@H]1CN(Cc2ccc(F)c(C(F)(F)F)c2)c2cc(CC(=O)OC(C)(C)C)ccc2O1. The zero-order valence-corrected chi connectivity index (χ0v) is 21.3. The molecule has 37 heavy (non-hydrogen) atoms. The normalized spacial score (nSPS) is 15.6. The first-order valence-electron chi connectivity index (χ1n) is 12.0. The van der Waals surface area contributed by atoms with Crippen LogP contribution in [0.4, 0.5) is 23.2 Å². The third-order valence-electron chi connectivity index (χ3n) is 5.54. The maximum absolute atomic E-state index is 13.8. The van der Waals surface area contributed by atoms with Crippen LogP contribution in [0.2, 0.25) is 0 Å². The number of benzene rings is 2. The van der Waals surface area contributed by atoms with Crippen molar-refractivity contribution < 1.29 is 41.4 Å². The highest BCUT2D eigenvalue weighted by atomic mass is 19.4. The summed E-state index contributed by atoms with van der Waals surface area (Å²) in [6, 6.07) is 8.03. The van der Waals surface area contributed by atoms with Gasteiger partial charge in [-0.3, -0.25) is 9.59 Å². The second-order valence-corrected chi connectivity index (χ2v) is 9.84. The van der Waals surface area contributed by atoms with E-state index in [-0.39, 0.29) is 44.1 Å². The summed E-state index contributed by atoms with van der Waals surface area (Å²) in [5, 5.41) is 0. The number of hydrogen-bond donors (Lipinski definition) is 0. The third-order valence-corrected chi connectivity index (χ3v) is 5.54. The Hall–Kier alpha value is -3.30. The molecule has 1 heterocycles. The standard InChI is InChI=1S/C27H31F4NO5/c1-5-35-24(33)11-8-19-16-32(15-18-6-9-21(28)20(12-18)27(29,30)31)22-13-17(7-10-23(22)36-19)14-25(34)37-26(2,3)4/h6-7,9-10,12-13,19H,5,8,11,14-16H2,1-4H3/t19-/m0/s1. The molecule has 0 radical (unpaired) electrons. The van der Waals surface area contributed by atoms with Crippen LogP contribution in [0.15, 0.2) is 36.4 Å². The molecule has 0 spiro atoms. The molecular formula is C27H31F4NO5. The summed E-state index contributed by atoms with van der Waals surface area (Å²) in [5.74, 6) is -1.67. The van der Waals surface area contributed by atoms with E-state index in [0.29, 0.717) is 23.4 Å². The average molecular weight is 526 g/mol. The van der Waals surface area contributed by atoms with Crippen molar-refractivity contribution in [3.8, 4) is 5.75 Å². The van der Waals surface area contributed by atoms with E-state index in [1.165, 1.54) is 6.07 Å². The van der Waals surface area contributed by atoms with Gasteiger partial charge in [-0.15, -0.1) is 0 Å². The number of ether oxygens (including phenoxy) is 3. The Kier molecular flexibility index (Phi) is 8.71. The van der Waals surface area contributed by atoms with Crippen LogP contribution in [0.1, 0.15) is 57.2 Å². The molecule has 1 aliphatic heterocycles. The molecule has 2 aromatic rings. The minimum absolute atomic E-state index is 0.000549. The van der Waals surface area contributed by atoms with E-state index in [0.717, 1.165) is 12.1 Å². The molecule has 0 saturated carbocycles. The summed E-state index contributed by atoms with van der Waals surface area (Å²) in [5.41, 5.74) is -0.516. The number of carbonyl (C=O) groups excluding carboxylic acids is 2. The molecule has 2 aromatic carbocycles. The lowest BCUT2D eigenvalue weighted by molar-refractivity contribution is -0.154. The largest absolute Gasteiger partial charge is 0.486 e. The summed E-state index contributed by atoms with van der Waals surface area (Å²) in [4.78, 5) is 26.0. The Morgan fingerprint density at radius 2 is 1.76 bits per heavy atom. The molecule has 1 atom stereocenters. The summed E-state index contributed by atoms with van der Waals surface area (Å²) in [6.07, 6.45) is -4.81. The van der Waals surface area contributed by atoms with E-state index in [9.17, 15) is 27.2 Å². The molecule has 1 aliphatic rings. The summed E-state index contributed by atoms with van der Waals surface area (Å²) < 4.78 is 70.1. The van der Waals surface area contributed by atoms with Crippen LogP contribution in [0.25, 0.3) is 0 Å². The average Bonchev–Trinajstić information content (AvgIpc) is 2.77. The topological polar surface area (TPSA) is 65.1 Å². The van der Waals surface area contributed by atoms with Crippen LogP contribution < -0.4 is 9.64 Å². The molecule has 0 amide bonds. The predicted molar refractivity (Wildman–Crippen MR) is 129 cm³/mol. The van der Waals surface area contributed by atoms with E-state index >= 15 is 0 Å². The van der Waals surface area contributed by atoms with Gasteiger partial charge >= 0.3 is 18.1 Å². The van der Waals surface area contributed by atoms with E-state index < -0.39 is 35.2 Å². The van der Waals surface area contributed by atoms with E-state index in [4.69, 9.17) is 14.2 Å². The first-order chi connectivity index (χ1) is 17.2. The molecule has 0 aromatic heterocycles. The van der Waals surface area contributed by atoms with Gasteiger partial charge in [-0.25, -0.2) is 4.39 Å². The lowest BCUT2D eigenvalue weighted by atomic mass is 10.0. The van der Waals surface area contributed by atoms with E-state index in [1.807, 2.05) is 0 Å². The van der Waals surface area contributed by atoms with Crippen molar-refractivity contribution in [2.24, 2.45) is 0 Å². The fourth-order valence-electron chi connectivity index (χ4n) is 4.05. The Morgan fingerprint density at radius 1 is 1.05 bits per heavy atom. The van der Waals surface area contributed by atoms with Crippen molar-refractivity contribution in [3.05, 3.63) is 58.9 Å². The Balaban J connectivity index is 1.88. The van der Waals surface area contributed by atoms with Crippen LogP contribution in [0, 0.1) is 5.82 Å². The first-order valence-corrected chi connectivity index (χ1v) is 12.0.